The molecule has 0 heterocycles. The highest BCUT2D eigenvalue weighted by atomic mass is 16.6. The molecule has 25 heavy (non-hydrogen) atoms. The first-order valence-electron chi connectivity index (χ1n) is 8.92. The fourth-order valence-electron chi connectivity index (χ4n) is 1.97. The van der Waals surface area contributed by atoms with Crippen LogP contribution in [0.1, 0.15) is 67.7 Å². The van der Waals surface area contributed by atoms with Gasteiger partial charge in [-0.25, -0.2) is 9.59 Å². The number of nitrogens with zero attached hydrogens (tertiary/aromatic N) is 1. The summed E-state index contributed by atoms with van der Waals surface area (Å²) in [6, 6.07) is -0.141. The molecule has 7 nitrogen and oxygen atoms in total. The largest absolute Gasteiger partial charge is 0.444 e. The van der Waals surface area contributed by atoms with Gasteiger partial charge in [0.05, 0.1) is 0 Å². The Kier molecular flexibility index (Phi) is 9.85. The highest BCUT2D eigenvalue weighted by Crippen LogP contribution is 2.12. The predicted octanol–water partition coefficient (Wildman–Crippen LogP) is 3.30. The summed E-state index contributed by atoms with van der Waals surface area (Å²) < 4.78 is 10.6. The highest BCUT2D eigenvalue weighted by Gasteiger charge is 2.23. The molecule has 0 aliphatic carbocycles. The van der Waals surface area contributed by atoms with Gasteiger partial charge in [-0.05, 0) is 67.7 Å². The van der Waals surface area contributed by atoms with Crippen molar-refractivity contribution in [2.45, 2.75) is 85.0 Å². The van der Waals surface area contributed by atoms with Gasteiger partial charge in [0.2, 0.25) is 0 Å². The molecule has 148 valence electrons. The van der Waals surface area contributed by atoms with Crippen LogP contribution in [0.4, 0.5) is 9.59 Å². The molecule has 0 bridgehead atoms. The Morgan fingerprint density at radius 2 is 1.56 bits per heavy atom. The van der Waals surface area contributed by atoms with E-state index in [1.165, 1.54) is 0 Å². The van der Waals surface area contributed by atoms with E-state index in [9.17, 15) is 9.59 Å². The number of carbonyl (C=O) groups is 2. The van der Waals surface area contributed by atoms with E-state index in [4.69, 9.17) is 14.6 Å². The Labute approximate surface area is 152 Å². The van der Waals surface area contributed by atoms with E-state index < -0.39 is 17.3 Å². The number of rotatable bonds is 8. The number of carbonyl (C=O) groups excluding carboxylic acids is 2. The fourth-order valence-corrected chi connectivity index (χ4v) is 1.97. The SMILES string of the molecule is CC(CCN(CCCCO)C(=O)OC(C)(C)C)NC(=O)OC(C)(C)C. The predicted molar refractivity (Wildman–Crippen MR) is 97.6 cm³/mol. The third kappa shape index (κ3) is 13.5. The number of aliphatic hydroxyl groups excluding tert-OH is 1. The Balaban J connectivity index is 4.53. The number of unbranched alkanes of at least 4 members (excludes halogenated alkanes) is 1. The molecule has 0 aromatic rings. The standard InChI is InChI=1S/C18H36N2O5/c1-14(19-15(22)24-17(2,3)4)10-12-20(11-8-9-13-21)16(23)25-18(5,6)7/h14,21H,8-13H2,1-7H3,(H,19,22). The van der Waals surface area contributed by atoms with E-state index in [0.29, 0.717) is 32.4 Å². The van der Waals surface area contributed by atoms with Crippen molar-refractivity contribution in [1.29, 1.82) is 0 Å². The van der Waals surface area contributed by atoms with Crippen LogP contribution in [0.25, 0.3) is 0 Å². The molecule has 0 saturated heterocycles. The van der Waals surface area contributed by atoms with Crippen LogP contribution in [0.2, 0.25) is 0 Å². The zero-order valence-corrected chi connectivity index (χ0v) is 16.8. The Bertz CT molecular complexity index is 413. The van der Waals surface area contributed by atoms with Crippen LogP contribution < -0.4 is 5.32 Å². The summed E-state index contributed by atoms with van der Waals surface area (Å²) in [5.41, 5.74) is -1.11. The lowest BCUT2D eigenvalue weighted by molar-refractivity contribution is 0.0237. The van der Waals surface area contributed by atoms with E-state index in [1.54, 1.807) is 4.90 Å². The molecule has 7 heteroatoms. The average molecular weight is 360 g/mol. The van der Waals surface area contributed by atoms with Gasteiger partial charge >= 0.3 is 12.2 Å². The van der Waals surface area contributed by atoms with Gasteiger partial charge in [0.25, 0.3) is 0 Å². The Hall–Kier alpha value is -1.50. The molecule has 0 aromatic heterocycles. The fraction of sp³-hybridized carbons (Fsp3) is 0.889. The molecule has 2 amide bonds. The molecule has 0 fully saturated rings. The van der Waals surface area contributed by atoms with Crippen LogP contribution in [0, 0.1) is 0 Å². The van der Waals surface area contributed by atoms with Crippen molar-refractivity contribution in [3.8, 4) is 0 Å². The molecule has 0 radical (unpaired) electrons. The van der Waals surface area contributed by atoms with Crippen molar-refractivity contribution in [2.75, 3.05) is 19.7 Å². The lowest BCUT2D eigenvalue weighted by atomic mass is 10.2. The van der Waals surface area contributed by atoms with Gasteiger partial charge < -0.3 is 24.8 Å². The molecule has 0 aromatic carbocycles. The maximum atomic E-state index is 12.3. The summed E-state index contributed by atoms with van der Waals surface area (Å²) in [6.45, 7) is 13.8. The summed E-state index contributed by atoms with van der Waals surface area (Å²) in [5, 5.41) is 11.7. The normalized spacial score (nSPS) is 13.1. The number of amides is 2. The van der Waals surface area contributed by atoms with E-state index in [2.05, 4.69) is 5.32 Å². The van der Waals surface area contributed by atoms with Crippen molar-refractivity contribution < 1.29 is 24.2 Å². The molecule has 0 aliphatic rings. The lowest BCUT2D eigenvalue weighted by Gasteiger charge is -2.28. The average Bonchev–Trinajstić information content (AvgIpc) is 2.38. The molecule has 1 atom stereocenters. The zero-order chi connectivity index (χ0) is 19.7. The molecule has 0 saturated carbocycles. The van der Waals surface area contributed by atoms with Gasteiger partial charge in [0.15, 0.2) is 0 Å². The van der Waals surface area contributed by atoms with Crippen molar-refractivity contribution in [3.63, 3.8) is 0 Å². The minimum absolute atomic E-state index is 0.0960. The number of hydrogen-bond acceptors (Lipinski definition) is 5. The zero-order valence-electron chi connectivity index (χ0n) is 16.8. The van der Waals surface area contributed by atoms with E-state index in [0.717, 1.165) is 0 Å². The van der Waals surface area contributed by atoms with Gasteiger partial charge in [-0.3, -0.25) is 0 Å². The monoisotopic (exact) mass is 360 g/mol. The number of hydrogen-bond donors (Lipinski definition) is 2. The van der Waals surface area contributed by atoms with Crippen molar-refractivity contribution >= 4 is 12.2 Å². The van der Waals surface area contributed by atoms with Crippen molar-refractivity contribution in [2.24, 2.45) is 0 Å². The van der Waals surface area contributed by atoms with E-state index >= 15 is 0 Å². The minimum atomic E-state index is -0.563. The second kappa shape index (κ2) is 10.5. The summed E-state index contributed by atoms with van der Waals surface area (Å²) in [7, 11) is 0. The molecule has 2 N–H and O–H groups in total. The first-order chi connectivity index (χ1) is 11.3. The van der Waals surface area contributed by atoms with Gasteiger partial charge in [-0.1, -0.05) is 0 Å². The summed E-state index contributed by atoms with van der Waals surface area (Å²) >= 11 is 0. The smallest absolute Gasteiger partial charge is 0.410 e. The lowest BCUT2D eigenvalue weighted by Crippen LogP contribution is -2.42. The topological polar surface area (TPSA) is 88.1 Å². The first-order valence-corrected chi connectivity index (χ1v) is 8.92. The Morgan fingerprint density at radius 3 is 2.04 bits per heavy atom. The van der Waals surface area contributed by atoms with Crippen LogP contribution in [0.3, 0.4) is 0 Å². The second-order valence-corrected chi connectivity index (χ2v) is 8.23. The molecule has 0 rings (SSSR count). The van der Waals surface area contributed by atoms with Crippen LogP contribution >= 0.6 is 0 Å². The highest BCUT2D eigenvalue weighted by molar-refractivity contribution is 5.68. The van der Waals surface area contributed by atoms with E-state index in [1.807, 2.05) is 48.5 Å². The van der Waals surface area contributed by atoms with E-state index in [-0.39, 0.29) is 18.7 Å². The van der Waals surface area contributed by atoms with Crippen LogP contribution in [-0.2, 0) is 9.47 Å². The van der Waals surface area contributed by atoms with Crippen molar-refractivity contribution in [3.05, 3.63) is 0 Å². The summed E-state index contributed by atoms with van der Waals surface area (Å²) in [6.07, 6.45) is 1.06. The summed E-state index contributed by atoms with van der Waals surface area (Å²) in [4.78, 5) is 25.7. The second-order valence-electron chi connectivity index (χ2n) is 8.23. The van der Waals surface area contributed by atoms with Gasteiger partial charge in [-0.2, -0.15) is 0 Å². The third-order valence-electron chi connectivity index (χ3n) is 3.08. The van der Waals surface area contributed by atoms with Gasteiger partial charge in [-0.15, -0.1) is 0 Å². The van der Waals surface area contributed by atoms with Crippen LogP contribution in [-0.4, -0.2) is 59.1 Å². The summed E-state index contributed by atoms with van der Waals surface area (Å²) in [5.74, 6) is 0. The van der Waals surface area contributed by atoms with Crippen molar-refractivity contribution in [1.82, 2.24) is 10.2 Å². The number of ether oxygens (including phenoxy) is 2. The molecular formula is C18H36N2O5. The number of nitrogens with one attached hydrogen (secondary N) is 1. The number of alkyl carbamates (subject to hydrolysis) is 1. The van der Waals surface area contributed by atoms with Gasteiger partial charge in [0.1, 0.15) is 11.2 Å². The Morgan fingerprint density at radius 1 is 1.00 bits per heavy atom. The molecule has 0 aliphatic heterocycles. The van der Waals surface area contributed by atoms with Crippen LogP contribution in [0.5, 0.6) is 0 Å². The molecular weight excluding hydrogens is 324 g/mol. The number of aliphatic hydroxyl groups is 1. The third-order valence-corrected chi connectivity index (χ3v) is 3.08. The molecule has 1 unspecified atom stereocenters. The maximum absolute atomic E-state index is 12.3. The maximum Gasteiger partial charge on any atom is 0.410 e. The van der Waals surface area contributed by atoms with Crippen LogP contribution in [0.15, 0.2) is 0 Å². The minimum Gasteiger partial charge on any atom is -0.444 e. The first kappa shape index (κ1) is 23.5. The molecule has 0 spiro atoms. The quantitative estimate of drug-likeness (QED) is 0.649. The van der Waals surface area contributed by atoms with Gasteiger partial charge in [0, 0.05) is 25.7 Å².